The van der Waals surface area contributed by atoms with Crippen LogP contribution in [0.15, 0.2) is 78.5 Å². The summed E-state index contributed by atoms with van der Waals surface area (Å²) in [6.07, 6.45) is 3.30. The number of hydrogen-bond acceptors (Lipinski definition) is 1. The topological polar surface area (TPSA) is 3.24 Å². The second-order valence-electron chi connectivity index (χ2n) is 5.96. The molecule has 0 saturated heterocycles. The van der Waals surface area contributed by atoms with E-state index in [1.54, 1.807) is 0 Å². The summed E-state index contributed by atoms with van der Waals surface area (Å²) >= 11 is 0. The van der Waals surface area contributed by atoms with Crippen molar-refractivity contribution < 1.29 is 0 Å². The van der Waals surface area contributed by atoms with Gasteiger partial charge in [0, 0.05) is 17.1 Å². The molecule has 0 aliphatic carbocycles. The van der Waals surface area contributed by atoms with Crippen LogP contribution < -0.4 is 4.90 Å². The predicted octanol–water partition coefficient (Wildman–Crippen LogP) is 6.60. The average Bonchev–Trinajstić information content (AvgIpc) is 2.57. The van der Waals surface area contributed by atoms with Crippen molar-refractivity contribution in [2.75, 3.05) is 4.90 Å². The summed E-state index contributed by atoms with van der Waals surface area (Å²) in [4.78, 5) is 2.33. The molecule has 0 saturated carbocycles. The Morgan fingerprint density at radius 1 is 0.870 bits per heavy atom. The lowest BCUT2D eigenvalue weighted by atomic mass is 10.1. The molecule has 0 aliphatic heterocycles. The van der Waals surface area contributed by atoms with E-state index in [0.29, 0.717) is 0 Å². The van der Waals surface area contributed by atoms with Crippen molar-refractivity contribution in [3.05, 3.63) is 84.1 Å². The first-order valence-electron chi connectivity index (χ1n) is 8.21. The molecule has 0 heterocycles. The first kappa shape index (κ1) is 15.4. The number of fused-ring (bicyclic) bond motifs is 1. The lowest BCUT2D eigenvalue weighted by molar-refractivity contribution is 1.10. The van der Waals surface area contributed by atoms with Gasteiger partial charge in [-0.15, -0.1) is 0 Å². The van der Waals surface area contributed by atoms with E-state index < -0.39 is 0 Å². The summed E-state index contributed by atoms with van der Waals surface area (Å²) in [6, 6.07) is 23.9. The van der Waals surface area contributed by atoms with Crippen LogP contribution in [0.4, 0.5) is 11.4 Å². The maximum atomic E-state index is 2.33. The molecule has 0 unspecified atom stereocenters. The summed E-state index contributed by atoms with van der Waals surface area (Å²) in [6.45, 7) is 6.48. The Hall–Kier alpha value is -2.54. The van der Waals surface area contributed by atoms with E-state index in [4.69, 9.17) is 0 Å². The molecule has 0 N–H and O–H groups in total. The van der Waals surface area contributed by atoms with Gasteiger partial charge in [-0.1, -0.05) is 61.0 Å². The van der Waals surface area contributed by atoms with Gasteiger partial charge < -0.3 is 4.90 Å². The molecule has 0 bridgehead atoms. The third-order valence-electron chi connectivity index (χ3n) is 4.14. The van der Waals surface area contributed by atoms with Crippen LogP contribution in [0, 0.1) is 6.92 Å². The summed E-state index contributed by atoms with van der Waals surface area (Å²) < 4.78 is 0. The van der Waals surface area contributed by atoms with Crippen LogP contribution in [0.5, 0.6) is 0 Å². The first-order valence-corrected chi connectivity index (χ1v) is 8.21. The lowest BCUT2D eigenvalue weighted by Gasteiger charge is -2.26. The number of anilines is 2. The summed E-state index contributed by atoms with van der Waals surface area (Å²) in [7, 11) is 0. The molecular weight excluding hydrogens is 278 g/mol. The van der Waals surface area contributed by atoms with Crippen molar-refractivity contribution >= 4 is 22.1 Å². The van der Waals surface area contributed by atoms with Crippen molar-refractivity contribution in [3.63, 3.8) is 0 Å². The molecule has 0 atom stereocenters. The molecule has 116 valence electrons. The Bertz CT molecular complexity index is 828. The number of allylic oxidation sites excluding steroid dienone is 2. The van der Waals surface area contributed by atoms with Crippen LogP contribution >= 0.6 is 0 Å². The van der Waals surface area contributed by atoms with E-state index in [-0.39, 0.29) is 0 Å². The van der Waals surface area contributed by atoms with Gasteiger partial charge in [-0.05, 0) is 55.3 Å². The van der Waals surface area contributed by atoms with E-state index in [1.165, 1.54) is 33.4 Å². The molecule has 3 aromatic rings. The molecule has 0 radical (unpaired) electrons. The quantitative estimate of drug-likeness (QED) is 0.524. The summed E-state index contributed by atoms with van der Waals surface area (Å²) in [5.41, 5.74) is 4.94. The highest BCUT2D eigenvalue weighted by molar-refractivity contribution is 5.87. The zero-order chi connectivity index (χ0) is 16.2. The van der Waals surface area contributed by atoms with Crippen LogP contribution in [0.25, 0.3) is 10.8 Å². The minimum absolute atomic E-state index is 1.03. The zero-order valence-corrected chi connectivity index (χ0v) is 14.1. The fourth-order valence-corrected chi connectivity index (χ4v) is 2.95. The van der Waals surface area contributed by atoms with Gasteiger partial charge >= 0.3 is 0 Å². The summed E-state index contributed by atoms with van der Waals surface area (Å²) in [5, 5.41) is 2.55. The standard InChI is InChI=1S/C22H23N/c1-4-7-18(3)23(21-13-10-17(2)11-14-21)22-15-12-19-8-5-6-9-20(19)16-22/h5-16H,4H2,1-3H3/b18-7+. The highest BCUT2D eigenvalue weighted by Crippen LogP contribution is 2.32. The third-order valence-corrected chi connectivity index (χ3v) is 4.14. The van der Waals surface area contributed by atoms with Crippen LogP contribution in [-0.2, 0) is 0 Å². The molecule has 3 aromatic carbocycles. The molecule has 0 fully saturated rings. The lowest BCUT2D eigenvalue weighted by Crippen LogP contribution is -2.14. The first-order chi connectivity index (χ1) is 11.2. The monoisotopic (exact) mass is 301 g/mol. The minimum Gasteiger partial charge on any atom is -0.315 e. The highest BCUT2D eigenvalue weighted by atomic mass is 15.1. The van der Waals surface area contributed by atoms with Crippen molar-refractivity contribution in [3.8, 4) is 0 Å². The second kappa shape index (κ2) is 6.70. The van der Waals surface area contributed by atoms with Gasteiger partial charge in [-0.3, -0.25) is 0 Å². The van der Waals surface area contributed by atoms with E-state index in [2.05, 4.69) is 98.5 Å². The van der Waals surface area contributed by atoms with Gasteiger partial charge in [-0.2, -0.15) is 0 Å². The normalized spacial score (nSPS) is 11.7. The fraction of sp³-hybridized carbons (Fsp3) is 0.182. The zero-order valence-electron chi connectivity index (χ0n) is 14.1. The van der Waals surface area contributed by atoms with E-state index >= 15 is 0 Å². The molecule has 1 nitrogen and oxygen atoms in total. The molecule has 3 rings (SSSR count). The van der Waals surface area contributed by atoms with Gasteiger partial charge in [0.15, 0.2) is 0 Å². The van der Waals surface area contributed by atoms with E-state index in [0.717, 1.165) is 6.42 Å². The number of nitrogens with zero attached hydrogens (tertiary/aromatic N) is 1. The summed E-state index contributed by atoms with van der Waals surface area (Å²) in [5.74, 6) is 0. The van der Waals surface area contributed by atoms with Crippen LogP contribution in [0.1, 0.15) is 25.8 Å². The molecule has 0 spiro atoms. The molecular formula is C22H23N. The largest absolute Gasteiger partial charge is 0.315 e. The second-order valence-corrected chi connectivity index (χ2v) is 5.96. The van der Waals surface area contributed by atoms with Crippen molar-refractivity contribution in [2.45, 2.75) is 27.2 Å². The smallest absolute Gasteiger partial charge is 0.0464 e. The maximum Gasteiger partial charge on any atom is 0.0464 e. The third kappa shape index (κ3) is 3.29. The van der Waals surface area contributed by atoms with Gasteiger partial charge in [0.25, 0.3) is 0 Å². The van der Waals surface area contributed by atoms with Gasteiger partial charge in [0.2, 0.25) is 0 Å². The Morgan fingerprint density at radius 2 is 1.52 bits per heavy atom. The SMILES string of the molecule is CC/C=C(\C)N(c1ccc(C)cc1)c1ccc2ccccc2c1. The Morgan fingerprint density at radius 3 is 2.22 bits per heavy atom. The minimum atomic E-state index is 1.03. The molecule has 1 heteroatoms. The van der Waals surface area contributed by atoms with Crippen molar-refractivity contribution in [2.24, 2.45) is 0 Å². The Labute approximate surface area is 138 Å². The number of benzene rings is 3. The van der Waals surface area contributed by atoms with Crippen LogP contribution in [-0.4, -0.2) is 0 Å². The number of hydrogen-bond donors (Lipinski definition) is 0. The van der Waals surface area contributed by atoms with E-state index in [9.17, 15) is 0 Å². The molecule has 0 amide bonds. The number of aryl methyl sites for hydroxylation is 1. The highest BCUT2D eigenvalue weighted by Gasteiger charge is 2.11. The maximum absolute atomic E-state index is 2.33. The van der Waals surface area contributed by atoms with Gasteiger partial charge in [-0.25, -0.2) is 0 Å². The average molecular weight is 301 g/mol. The van der Waals surface area contributed by atoms with Crippen LogP contribution in [0.3, 0.4) is 0 Å². The Balaban J connectivity index is 2.12. The number of rotatable bonds is 4. The van der Waals surface area contributed by atoms with Gasteiger partial charge in [0.1, 0.15) is 0 Å². The van der Waals surface area contributed by atoms with Crippen molar-refractivity contribution in [1.82, 2.24) is 0 Å². The van der Waals surface area contributed by atoms with Gasteiger partial charge in [0.05, 0.1) is 0 Å². The molecule has 0 aromatic heterocycles. The Kier molecular flexibility index (Phi) is 4.47. The molecule has 23 heavy (non-hydrogen) atoms. The predicted molar refractivity (Wildman–Crippen MR) is 101 cm³/mol. The molecule has 0 aliphatic rings. The van der Waals surface area contributed by atoms with E-state index in [1.807, 2.05) is 0 Å². The fourth-order valence-electron chi connectivity index (χ4n) is 2.95. The van der Waals surface area contributed by atoms with Crippen molar-refractivity contribution in [1.29, 1.82) is 0 Å². The van der Waals surface area contributed by atoms with Crippen LogP contribution in [0.2, 0.25) is 0 Å².